The van der Waals surface area contributed by atoms with E-state index in [2.05, 4.69) is 44.3 Å². The molecule has 0 atom stereocenters. The van der Waals surface area contributed by atoms with Crippen LogP contribution in [0.5, 0.6) is 5.75 Å². The van der Waals surface area contributed by atoms with Crippen LogP contribution in [-0.4, -0.2) is 13.2 Å². The van der Waals surface area contributed by atoms with E-state index in [0.29, 0.717) is 16.8 Å². The monoisotopic (exact) mass is 303 g/mol. The lowest BCUT2D eigenvalue weighted by atomic mass is 9.98. The summed E-state index contributed by atoms with van der Waals surface area (Å²) in [5.74, 6) is 0.708. The molecular weight excluding hydrogens is 282 g/mol. The second-order valence-corrected chi connectivity index (χ2v) is 5.94. The van der Waals surface area contributed by atoms with Crippen molar-refractivity contribution in [2.45, 2.75) is 33.4 Å². The Kier molecular flexibility index (Phi) is 5.27. The molecule has 0 saturated heterocycles. The number of ether oxygens (including phenoxy) is 1. The molecule has 1 N–H and O–H groups in total. The van der Waals surface area contributed by atoms with Gasteiger partial charge < -0.3 is 10.1 Å². The van der Waals surface area contributed by atoms with Crippen molar-refractivity contribution < 1.29 is 4.74 Å². The van der Waals surface area contributed by atoms with Crippen LogP contribution >= 0.6 is 11.6 Å². The Morgan fingerprint density at radius 3 is 2.57 bits per heavy atom. The van der Waals surface area contributed by atoms with Gasteiger partial charge in [0.2, 0.25) is 0 Å². The van der Waals surface area contributed by atoms with E-state index in [1.54, 1.807) is 7.11 Å². The molecule has 0 aromatic heterocycles. The largest absolute Gasteiger partial charge is 0.495 e. The van der Waals surface area contributed by atoms with E-state index in [1.165, 1.54) is 16.7 Å². The van der Waals surface area contributed by atoms with E-state index in [-0.39, 0.29) is 0 Å². The van der Waals surface area contributed by atoms with E-state index < -0.39 is 0 Å². The third kappa shape index (κ3) is 3.99. The van der Waals surface area contributed by atoms with Gasteiger partial charge in [-0.05, 0) is 47.4 Å². The van der Waals surface area contributed by atoms with Crippen molar-refractivity contribution in [3.63, 3.8) is 0 Å². The van der Waals surface area contributed by atoms with Crippen molar-refractivity contribution >= 4 is 11.6 Å². The number of aryl methyl sites for hydroxylation is 1. The Hall–Kier alpha value is -1.51. The summed E-state index contributed by atoms with van der Waals surface area (Å²) >= 11 is 6.10. The molecule has 2 aromatic rings. The van der Waals surface area contributed by atoms with Gasteiger partial charge in [-0.1, -0.05) is 43.6 Å². The van der Waals surface area contributed by atoms with Gasteiger partial charge in [0.05, 0.1) is 12.1 Å². The molecule has 0 aliphatic heterocycles. The van der Waals surface area contributed by atoms with Gasteiger partial charge in [-0.25, -0.2) is 0 Å². The number of rotatable bonds is 5. The Balaban J connectivity index is 2.36. The number of benzene rings is 2. The number of halogens is 1. The smallest absolute Gasteiger partial charge is 0.138 e. The average molecular weight is 304 g/mol. The molecule has 0 radical (unpaired) electrons. The second-order valence-electron chi connectivity index (χ2n) is 5.53. The highest BCUT2D eigenvalue weighted by Crippen LogP contribution is 2.32. The SMILES string of the molecule is COc1cc(-c2cc(CNC(C)C)ccc2C)ccc1Cl. The fraction of sp³-hybridized carbons (Fsp3) is 0.333. The van der Waals surface area contributed by atoms with Crippen molar-refractivity contribution in [1.29, 1.82) is 0 Å². The van der Waals surface area contributed by atoms with E-state index >= 15 is 0 Å². The molecule has 21 heavy (non-hydrogen) atoms. The molecule has 0 amide bonds. The van der Waals surface area contributed by atoms with Crippen LogP contribution in [0.3, 0.4) is 0 Å². The molecule has 0 aliphatic carbocycles. The zero-order valence-corrected chi connectivity index (χ0v) is 13.8. The highest BCUT2D eigenvalue weighted by atomic mass is 35.5. The summed E-state index contributed by atoms with van der Waals surface area (Å²) in [4.78, 5) is 0. The van der Waals surface area contributed by atoms with Gasteiger partial charge in [-0.2, -0.15) is 0 Å². The maximum absolute atomic E-state index is 6.10. The summed E-state index contributed by atoms with van der Waals surface area (Å²) in [6.07, 6.45) is 0. The Bertz CT molecular complexity index is 623. The van der Waals surface area contributed by atoms with E-state index in [9.17, 15) is 0 Å². The van der Waals surface area contributed by atoms with Gasteiger partial charge >= 0.3 is 0 Å². The number of nitrogens with one attached hydrogen (secondary N) is 1. The molecule has 0 heterocycles. The second kappa shape index (κ2) is 6.97. The Morgan fingerprint density at radius 1 is 1.14 bits per heavy atom. The molecule has 0 saturated carbocycles. The van der Waals surface area contributed by atoms with Crippen LogP contribution in [0.15, 0.2) is 36.4 Å². The minimum absolute atomic E-state index is 0.477. The standard InChI is InChI=1S/C18H22ClNO/c1-12(2)20-11-14-6-5-13(3)16(9-14)15-7-8-17(19)18(10-15)21-4/h5-10,12,20H,11H2,1-4H3. The van der Waals surface area contributed by atoms with Gasteiger partial charge in [-0.3, -0.25) is 0 Å². The molecule has 0 fully saturated rings. The van der Waals surface area contributed by atoms with Crippen LogP contribution in [0.4, 0.5) is 0 Å². The van der Waals surface area contributed by atoms with Gasteiger partial charge in [-0.15, -0.1) is 0 Å². The average Bonchev–Trinajstić information content (AvgIpc) is 2.47. The highest BCUT2D eigenvalue weighted by molar-refractivity contribution is 6.32. The van der Waals surface area contributed by atoms with Crippen LogP contribution in [0.2, 0.25) is 5.02 Å². The van der Waals surface area contributed by atoms with Crippen LogP contribution in [0.1, 0.15) is 25.0 Å². The first-order valence-corrected chi connectivity index (χ1v) is 7.56. The fourth-order valence-electron chi connectivity index (χ4n) is 2.24. The summed E-state index contributed by atoms with van der Waals surface area (Å²) in [5, 5.41) is 4.08. The lowest BCUT2D eigenvalue weighted by Gasteiger charge is -2.13. The van der Waals surface area contributed by atoms with E-state index in [1.807, 2.05) is 18.2 Å². The van der Waals surface area contributed by atoms with Crippen molar-refractivity contribution in [1.82, 2.24) is 5.32 Å². The molecule has 0 aliphatic rings. The minimum Gasteiger partial charge on any atom is -0.495 e. The summed E-state index contributed by atoms with van der Waals surface area (Å²) in [5.41, 5.74) is 4.86. The molecule has 0 spiro atoms. The number of hydrogen-bond donors (Lipinski definition) is 1. The zero-order chi connectivity index (χ0) is 15.4. The van der Waals surface area contributed by atoms with Gasteiger partial charge in [0.15, 0.2) is 0 Å². The highest BCUT2D eigenvalue weighted by Gasteiger charge is 2.07. The summed E-state index contributed by atoms with van der Waals surface area (Å²) < 4.78 is 5.31. The van der Waals surface area contributed by atoms with Crippen LogP contribution < -0.4 is 10.1 Å². The van der Waals surface area contributed by atoms with Crippen LogP contribution in [0, 0.1) is 6.92 Å². The molecule has 112 valence electrons. The molecule has 0 bridgehead atoms. The molecular formula is C18H22ClNO. The number of hydrogen-bond acceptors (Lipinski definition) is 2. The normalized spacial score (nSPS) is 11.0. The summed E-state index contributed by atoms with van der Waals surface area (Å²) in [6.45, 7) is 7.30. The van der Waals surface area contributed by atoms with Gasteiger partial charge in [0.25, 0.3) is 0 Å². The van der Waals surface area contributed by atoms with E-state index in [4.69, 9.17) is 16.3 Å². The quantitative estimate of drug-likeness (QED) is 0.855. The fourth-order valence-corrected chi connectivity index (χ4v) is 2.43. The molecule has 0 unspecified atom stereocenters. The lowest BCUT2D eigenvalue weighted by Crippen LogP contribution is -2.21. The van der Waals surface area contributed by atoms with Crippen molar-refractivity contribution in [3.05, 3.63) is 52.5 Å². The predicted molar refractivity (Wildman–Crippen MR) is 90.2 cm³/mol. The maximum Gasteiger partial charge on any atom is 0.138 e. The van der Waals surface area contributed by atoms with Crippen molar-refractivity contribution in [2.24, 2.45) is 0 Å². The van der Waals surface area contributed by atoms with Gasteiger partial charge in [0.1, 0.15) is 5.75 Å². The molecule has 2 aromatic carbocycles. The number of methoxy groups -OCH3 is 1. The first-order valence-electron chi connectivity index (χ1n) is 7.18. The van der Waals surface area contributed by atoms with E-state index in [0.717, 1.165) is 12.1 Å². The first-order chi connectivity index (χ1) is 10.0. The molecule has 2 rings (SSSR count). The topological polar surface area (TPSA) is 21.3 Å². The third-order valence-corrected chi connectivity index (χ3v) is 3.79. The summed E-state index contributed by atoms with van der Waals surface area (Å²) in [7, 11) is 1.64. The van der Waals surface area contributed by atoms with Crippen LogP contribution in [-0.2, 0) is 6.54 Å². The summed E-state index contributed by atoms with van der Waals surface area (Å²) in [6, 6.07) is 12.9. The predicted octanol–water partition coefficient (Wildman–Crippen LogP) is 4.82. The van der Waals surface area contributed by atoms with Crippen molar-refractivity contribution in [3.8, 4) is 16.9 Å². The minimum atomic E-state index is 0.477. The Labute approximate surface area is 132 Å². The lowest BCUT2D eigenvalue weighted by molar-refractivity contribution is 0.415. The molecule has 3 heteroatoms. The maximum atomic E-state index is 6.10. The van der Waals surface area contributed by atoms with Crippen molar-refractivity contribution in [2.75, 3.05) is 7.11 Å². The molecule has 2 nitrogen and oxygen atoms in total. The zero-order valence-electron chi connectivity index (χ0n) is 13.0. The van der Waals surface area contributed by atoms with Crippen LogP contribution in [0.25, 0.3) is 11.1 Å². The Morgan fingerprint density at radius 2 is 1.90 bits per heavy atom. The third-order valence-electron chi connectivity index (χ3n) is 3.48. The van der Waals surface area contributed by atoms with Gasteiger partial charge in [0, 0.05) is 12.6 Å². The first kappa shape index (κ1) is 15.9.